The van der Waals surface area contributed by atoms with Gasteiger partial charge in [0.1, 0.15) is 0 Å². The van der Waals surface area contributed by atoms with E-state index in [1.165, 1.54) is 0 Å². The third-order valence-electron chi connectivity index (χ3n) is 2.75. The number of halogens is 1. The lowest BCUT2D eigenvalue weighted by molar-refractivity contribution is -0.136. The number of amides is 2. The van der Waals surface area contributed by atoms with E-state index in [1.54, 1.807) is 32.0 Å². The van der Waals surface area contributed by atoms with Gasteiger partial charge in [-0.05, 0) is 24.1 Å². The Hall–Kier alpha value is -2.28. The highest BCUT2D eigenvalue weighted by Gasteiger charge is 2.13. The standard InChI is InChI=1S/C15H20N2O5.ClH/c1-3-13(18)21-11-6-5-10(7-8-17-15(16)20)9-12(11)22-14(19)4-2;/h5-6,9H,3-4,7-8H2,1-2H3,(H3,16,17,20);1H. The zero-order valence-electron chi connectivity index (χ0n) is 13.1. The first kappa shape index (κ1) is 20.7. The Labute approximate surface area is 140 Å². The van der Waals surface area contributed by atoms with Gasteiger partial charge in [-0.2, -0.15) is 0 Å². The fourth-order valence-electron chi connectivity index (χ4n) is 1.59. The van der Waals surface area contributed by atoms with Crippen LogP contribution in [0.1, 0.15) is 32.3 Å². The van der Waals surface area contributed by atoms with Crippen molar-refractivity contribution in [2.24, 2.45) is 5.73 Å². The van der Waals surface area contributed by atoms with Crippen LogP contribution in [-0.4, -0.2) is 24.5 Å². The maximum atomic E-state index is 11.5. The van der Waals surface area contributed by atoms with Gasteiger partial charge >= 0.3 is 18.0 Å². The van der Waals surface area contributed by atoms with Gasteiger partial charge in [0.25, 0.3) is 0 Å². The number of rotatable bonds is 7. The monoisotopic (exact) mass is 344 g/mol. The smallest absolute Gasteiger partial charge is 0.312 e. The summed E-state index contributed by atoms with van der Waals surface area (Å²) in [6.07, 6.45) is 0.918. The molecule has 0 heterocycles. The third kappa shape index (κ3) is 7.51. The molecule has 0 saturated carbocycles. The lowest BCUT2D eigenvalue weighted by Gasteiger charge is -2.11. The van der Waals surface area contributed by atoms with Gasteiger partial charge in [0.05, 0.1) is 0 Å². The predicted octanol–water partition coefficient (Wildman–Crippen LogP) is 1.95. The van der Waals surface area contributed by atoms with Crippen molar-refractivity contribution in [3.63, 3.8) is 0 Å². The minimum Gasteiger partial charge on any atom is -0.423 e. The van der Waals surface area contributed by atoms with E-state index in [-0.39, 0.29) is 36.7 Å². The van der Waals surface area contributed by atoms with E-state index in [1.807, 2.05) is 0 Å². The number of hydrogen-bond donors (Lipinski definition) is 2. The van der Waals surface area contributed by atoms with Crippen LogP contribution in [-0.2, 0) is 16.0 Å². The Morgan fingerprint density at radius 2 is 1.61 bits per heavy atom. The molecule has 0 unspecified atom stereocenters. The van der Waals surface area contributed by atoms with E-state index in [4.69, 9.17) is 15.2 Å². The number of primary amides is 1. The number of nitrogens with two attached hydrogens (primary N) is 1. The van der Waals surface area contributed by atoms with Crippen molar-refractivity contribution in [2.45, 2.75) is 33.1 Å². The highest BCUT2D eigenvalue weighted by Crippen LogP contribution is 2.29. The van der Waals surface area contributed by atoms with Crippen LogP contribution >= 0.6 is 12.4 Å². The van der Waals surface area contributed by atoms with Crippen LogP contribution in [0.2, 0.25) is 0 Å². The fourth-order valence-corrected chi connectivity index (χ4v) is 1.59. The van der Waals surface area contributed by atoms with E-state index in [0.717, 1.165) is 5.56 Å². The summed E-state index contributed by atoms with van der Waals surface area (Å²) < 4.78 is 10.3. The molecule has 23 heavy (non-hydrogen) atoms. The normalized spacial score (nSPS) is 9.48. The van der Waals surface area contributed by atoms with Gasteiger partial charge in [0.2, 0.25) is 0 Å². The number of carbonyl (C=O) groups is 3. The second-order valence-corrected chi connectivity index (χ2v) is 4.48. The van der Waals surface area contributed by atoms with Gasteiger partial charge in [-0.3, -0.25) is 9.59 Å². The summed E-state index contributed by atoms with van der Waals surface area (Å²) in [6, 6.07) is 4.29. The molecule has 0 fully saturated rings. The second kappa shape index (κ2) is 10.4. The predicted molar refractivity (Wildman–Crippen MR) is 86.8 cm³/mol. The van der Waals surface area contributed by atoms with E-state index in [9.17, 15) is 14.4 Å². The van der Waals surface area contributed by atoms with Crippen molar-refractivity contribution >= 4 is 30.4 Å². The summed E-state index contributed by atoms with van der Waals surface area (Å²) in [7, 11) is 0. The molecule has 3 N–H and O–H groups in total. The van der Waals surface area contributed by atoms with Crippen LogP contribution in [0.25, 0.3) is 0 Å². The summed E-state index contributed by atoms with van der Waals surface area (Å²) in [5.74, 6) is -0.469. The molecule has 0 spiro atoms. The van der Waals surface area contributed by atoms with Gasteiger partial charge in [0, 0.05) is 19.4 Å². The number of urea groups is 1. The summed E-state index contributed by atoms with van der Waals surface area (Å²) >= 11 is 0. The first-order valence-corrected chi connectivity index (χ1v) is 7.03. The van der Waals surface area contributed by atoms with Crippen LogP contribution in [0.5, 0.6) is 11.5 Å². The lowest BCUT2D eigenvalue weighted by atomic mass is 10.1. The maximum Gasteiger partial charge on any atom is 0.312 e. The molecule has 0 saturated heterocycles. The Kier molecular flexibility index (Phi) is 9.41. The Morgan fingerprint density at radius 3 is 2.13 bits per heavy atom. The maximum absolute atomic E-state index is 11.5. The molecule has 2 amide bonds. The molecule has 0 bridgehead atoms. The highest BCUT2D eigenvalue weighted by molar-refractivity contribution is 5.85. The summed E-state index contributed by atoms with van der Waals surface area (Å²) in [6.45, 7) is 3.69. The molecule has 0 aliphatic heterocycles. The van der Waals surface area contributed by atoms with Crippen molar-refractivity contribution in [1.82, 2.24) is 5.32 Å². The van der Waals surface area contributed by atoms with Crippen molar-refractivity contribution < 1.29 is 23.9 Å². The molecular formula is C15H21ClN2O5. The van der Waals surface area contributed by atoms with Crippen molar-refractivity contribution in [3.05, 3.63) is 23.8 Å². The average molecular weight is 345 g/mol. The second-order valence-electron chi connectivity index (χ2n) is 4.48. The van der Waals surface area contributed by atoms with Crippen molar-refractivity contribution in [2.75, 3.05) is 6.54 Å². The van der Waals surface area contributed by atoms with Crippen LogP contribution < -0.4 is 20.5 Å². The highest BCUT2D eigenvalue weighted by atomic mass is 35.5. The van der Waals surface area contributed by atoms with Crippen LogP contribution in [0.15, 0.2) is 18.2 Å². The van der Waals surface area contributed by atoms with E-state index < -0.39 is 18.0 Å². The SMILES string of the molecule is CCC(=O)Oc1ccc(CCNC(N)=O)cc1OC(=O)CC.Cl. The number of esters is 2. The molecular weight excluding hydrogens is 324 g/mol. The Bertz CT molecular complexity index is 563. The number of nitrogens with one attached hydrogen (secondary N) is 1. The van der Waals surface area contributed by atoms with Gasteiger partial charge in [-0.1, -0.05) is 19.9 Å². The molecule has 1 aromatic rings. The van der Waals surface area contributed by atoms with E-state index in [2.05, 4.69) is 5.32 Å². The van der Waals surface area contributed by atoms with Gasteiger partial charge in [-0.25, -0.2) is 4.79 Å². The molecule has 0 aromatic heterocycles. The largest absolute Gasteiger partial charge is 0.423 e. The van der Waals surface area contributed by atoms with Crippen LogP contribution in [0.4, 0.5) is 4.79 Å². The summed E-state index contributed by atoms with van der Waals surface area (Å²) in [5.41, 5.74) is 5.80. The topological polar surface area (TPSA) is 108 Å². The molecule has 0 aliphatic rings. The average Bonchev–Trinajstić information content (AvgIpc) is 2.49. The Morgan fingerprint density at radius 1 is 1.04 bits per heavy atom. The van der Waals surface area contributed by atoms with Crippen molar-refractivity contribution in [1.29, 1.82) is 0 Å². The number of carbonyl (C=O) groups excluding carboxylic acids is 3. The molecule has 8 heteroatoms. The summed E-state index contributed by atoms with van der Waals surface area (Å²) in [4.78, 5) is 33.5. The fraction of sp³-hybridized carbons (Fsp3) is 0.400. The molecule has 1 rings (SSSR count). The van der Waals surface area contributed by atoms with Gasteiger partial charge < -0.3 is 20.5 Å². The minimum absolute atomic E-state index is 0. The van der Waals surface area contributed by atoms with Gasteiger partial charge in [-0.15, -0.1) is 12.4 Å². The van der Waals surface area contributed by atoms with E-state index in [0.29, 0.717) is 13.0 Å². The zero-order chi connectivity index (χ0) is 16.5. The zero-order valence-corrected chi connectivity index (χ0v) is 13.9. The molecule has 128 valence electrons. The molecule has 0 atom stereocenters. The van der Waals surface area contributed by atoms with Gasteiger partial charge in [0.15, 0.2) is 11.5 Å². The minimum atomic E-state index is -0.605. The molecule has 1 aromatic carbocycles. The number of ether oxygens (including phenoxy) is 2. The number of hydrogen-bond acceptors (Lipinski definition) is 5. The number of benzene rings is 1. The quantitative estimate of drug-likeness (QED) is 0.580. The lowest BCUT2D eigenvalue weighted by Crippen LogP contribution is -2.30. The first-order valence-electron chi connectivity index (χ1n) is 7.03. The summed E-state index contributed by atoms with van der Waals surface area (Å²) in [5, 5.41) is 2.47. The molecule has 0 aliphatic carbocycles. The molecule has 0 radical (unpaired) electrons. The van der Waals surface area contributed by atoms with Crippen LogP contribution in [0, 0.1) is 0 Å². The van der Waals surface area contributed by atoms with Crippen LogP contribution in [0.3, 0.4) is 0 Å². The van der Waals surface area contributed by atoms with Crippen molar-refractivity contribution in [3.8, 4) is 11.5 Å². The Balaban J connectivity index is 0.00000484. The van der Waals surface area contributed by atoms with E-state index >= 15 is 0 Å². The molecule has 7 nitrogen and oxygen atoms in total. The third-order valence-corrected chi connectivity index (χ3v) is 2.75. The first-order chi connectivity index (χ1) is 10.5.